The van der Waals surface area contributed by atoms with E-state index in [-0.39, 0.29) is 63.1 Å². The average molecular weight is 633 g/mol. The van der Waals surface area contributed by atoms with Crippen LogP contribution in [0.2, 0.25) is 0 Å². The van der Waals surface area contributed by atoms with Crippen LogP contribution in [0.4, 0.5) is 0 Å². The van der Waals surface area contributed by atoms with Crippen LogP contribution in [0.5, 0.6) is 0 Å². The fourth-order valence-corrected chi connectivity index (χ4v) is 14.8. The lowest BCUT2D eigenvalue weighted by Crippen LogP contribution is -2.63. The number of aliphatic hydroxyl groups excluding tert-OH is 5. The molecule has 0 bridgehead atoms. The maximum absolute atomic E-state index is 12.2. The van der Waals surface area contributed by atoms with Gasteiger partial charge in [-0.3, -0.25) is 0 Å². The SMILES string of the molecule is C[C@@H]1C[C@@]2(O[C@H]3C[C@@]4(C)[C@@H]5C[C@H](O)[C@H]6C(C)(C)[C@@H](O[C@@H]7OC[C@@H](O)[C@@H](O)[C@H]7O)CC[C@@]67C[C@@]57CC[C@]4(C)[C@@H]13)O[C@H](O)[C@]1(C)C[C@H]21. The van der Waals surface area contributed by atoms with E-state index in [0.717, 1.165) is 44.9 Å². The third-order valence-electron chi connectivity index (χ3n) is 17.0. The minimum atomic E-state index is -1.31. The molecule has 5 N–H and O–H groups in total. The molecule has 254 valence electrons. The van der Waals surface area contributed by atoms with E-state index in [1.54, 1.807) is 0 Å². The van der Waals surface area contributed by atoms with Crippen LogP contribution in [0.3, 0.4) is 0 Å². The molecule has 9 fully saturated rings. The van der Waals surface area contributed by atoms with Crippen molar-refractivity contribution in [2.24, 2.45) is 62.1 Å². The van der Waals surface area contributed by atoms with Crippen LogP contribution in [0, 0.1) is 62.1 Å². The summed E-state index contributed by atoms with van der Waals surface area (Å²) in [5.41, 5.74) is -0.0998. The highest BCUT2D eigenvalue weighted by molar-refractivity contribution is 5.33. The zero-order valence-corrected chi connectivity index (χ0v) is 27.9. The third-order valence-corrected chi connectivity index (χ3v) is 17.0. The van der Waals surface area contributed by atoms with Crippen molar-refractivity contribution >= 4 is 0 Å². The molecule has 0 unspecified atom stereocenters. The molecular formula is C36H56O9. The Morgan fingerprint density at radius 1 is 0.756 bits per heavy atom. The lowest BCUT2D eigenvalue weighted by Gasteiger charge is -2.64. The van der Waals surface area contributed by atoms with E-state index >= 15 is 0 Å². The highest BCUT2D eigenvalue weighted by atomic mass is 16.8. The topological polar surface area (TPSA) is 138 Å². The molecule has 6 saturated carbocycles. The average Bonchev–Trinajstić information content (AvgIpc) is 3.79. The quantitative estimate of drug-likeness (QED) is 0.290. The largest absolute Gasteiger partial charge is 0.393 e. The maximum Gasteiger partial charge on any atom is 0.186 e. The normalized spacial score (nSPS) is 66.9. The van der Waals surface area contributed by atoms with E-state index in [9.17, 15) is 25.5 Å². The maximum atomic E-state index is 12.2. The highest BCUT2D eigenvalue weighted by Crippen LogP contribution is 2.89. The van der Waals surface area contributed by atoms with E-state index in [1.807, 2.05) is 0 Å². The van der Waals surface area contributed by atoms with Gasteiger partial charge in [0, 0.05) is 17.8 Å². The van der Waals surface area contributed by atoms with Crippen LogP contribution >= 0.6 is 0 Å². The van der Waals surface area contributed by atoms with Gasteiger partial charge in [0.05, 0.1) is 24.9 Å². The number of hydrogen-bond donors (Lipinski definition) is 5. The number of fused-ring (bicyclic) bond motifs is 6. The van der Waals surface area contributed by atoms with Crippen molar-refractivity contribution in [2.45, 2.75) is 154 Å². The van der Waals surface area contributed by atoms with Crippen molar-refractivity contribution in [3.63, 3.8) is 0 Å². The zero-order valence-electron chi connectivity index (χ0n) is 27.9. The molecule has 9 heteroatoms. The Bertz CT molecular complexity index is 1280. The summed E-state index contributed by atoms with van der Waals surface area (Å²) in [6.07, 6.45) is 2.87. The van der Waals surface area contributed by atoms with E-state index in [1.165, 1.54) is 12.8 Å². The minimum Gasteiger partial charge on any atom is -0.393 e. The number of rotatable bonds is 2. The van der Waals surface area contributed by atoms with Gasteiger partial charge in [-0.25, -0.2) is 0 Å². The van der Waals surface area contributed by atoms with Crippen LogP contribution in [0.1, 0.15) is 99.3 Å². The first-order valence-corrected chi connectivity index (χ1v) is 18.0. The van der Waals surface area contributed by atoms with Crippen LogP contribution in [0.25, 0.3) is 0 Å². The van der Waals surface area contributed by atoms with Gasteiger partial charge in [0.1, 0.15) is 18.3 Å². The molecule has 3 heterocycles. The highest BCUT2D eigenvalue weighted by Gasteiger charge is 2.85. The smallest absolute Gasteiger partial charge is 0.186 e. The van der Waals surface area contributed by atoms with Gasteiger partial charge in [0.15, 0.2) is 18.4 Å². The van der Waals surface area contributed by atoms with Crippen molar-refractivity contribution in [3.8, 4) is 0 Å². The van der Waals surface area contributed by atoms with Gasteiger partial charge in [0.25, 0.3) is 0 Å². The molecular weight excluding hydrogens is 576 g/mol. The molecule has 3 saturated heterocycles. The van der Waals surface area contributed by atoms with E-state index in [0.29, 0.717) is 17.8 Å². The molecule has 19 atom stereocenters. The summed E-state index contributed by atoms with van der Waals surface area (Å²) in [7, 11) is 0. The van der Waals surface area contributed by atoms with Gasteiger partial charge in [-0.05, 0) is 102 Å². The van der Waals surface area contributed by atoms with Gasteiger partial charge in [-0.1, -0.05) is 41.5 Å². The first-order chi connectivity index (χ1) is 21.0. The van der Waals surface area contributed by atoms with E-state index in [4.69, 9.17) is 18.9 Å². The minimum absolute atomic E-state index is 0.0361. The Morgan fingerprint density at radius 3 is 2.20 bits per heavy atom. The third kappa shape index (κ3) is 3.42. The van der Waals surface area contributed by atoms with Crippen LogP contribution in [-0.2, 0) is 18.9 Å². The van der Waals surface area contributed by atoms with E-state index in [2.05, 4.69) is 41.5 Å². The molecule has 3 aliphatic heterocycles. The zero-order chi connectivity index (χ0) is 31.9. The molecule has 0 aromatic heterocycles. The number of aliphatic hydroxyl groups is 5. The molecule has 0 amide bonds. The summed E-state index contributed by atoms with van der Waals surface area (Å²) >= 11 is 0. The molecule has 3 spiro atoms. The monoisotopic (exact) mass is 632 g/mol. The Kier molecular flexibility index (Phi) is 6.04. The summed E-state index contributed by atoms with van der Waals surface area (Å²) in [6, 6.07) is 0. The molecule has 9 rings (SSSR count). The summed E-state index contributed by atoms with van der Waals surface area (Å²) < 4.78 is 25.5. The van der Waals surface area contributed by atoms with Gasteiger partial charge in [-0.2, -0.15) is 0 Å². The van der Waals surface area contributed by atoms with Crippen molar-refractivity contribution in [3.05, 3.63) is 0 Å². The molecule has 9 nitrogen and oxygen atoms in total. The summed E-state index contributed by atoms with van der Waals surface area (Å²) in [4.78, 5) is 0. The molecule has 45 heavy (non-hydrogen) atoms. The van der Waals surface area contributed by atoms with Gasteiger partial charge in [-0.15, -0.1) is 0 Å². The number of ether oxygens (including phenoxy) is 4. The molecule has 0 aromatic rings. The fraction of sp³-hybridized carbons (Fsp3) is 1.00. The standard InChI is InChI=1S/C36H56O9/c1-17-12-36(22-14-31(22,4)29(41)45-36)44-20-13-33(6)21-11-18(37)27-30(2,3)23(43-28-26(40)25(39)19(38)15-42-28)7-8-35(27)16-34(21,35)10-9-32(33,5)24(17)20/h17-29,37-41H,7-16H2,1-6H3/t17-,18+,19-,20+,21+,22+,23+,24+,25-,26-,27+,28+,29+,31-,32-,33+,34+,35-,36-/m1/s1. The second-order valence-corrected chi connectivity index (χ2v) is 19.0. The van der Waals surface area contributed by atoms with Crippen LogP contribution in [-0.4, -0.2) is 87.1 Å². The second kappa shape index (κ2) is 8.86. The number of hydrogen-bond acceptors (Lipinski definition) is 9. The Labute approximate surface area is 267 Å². The van der Waals surface area contributed by atoms with Gasteiger partial charge in [0.2, 0.25) is 0 Å². The second-order valence-electron chi connectivity index (χ2n) is 19.0. The lowest BCUT2D eigenvalue weighted by atomic mass is 9.41. The van der Waals surface area contributed by atoms with Crippen molar-refractivity contribution in [2.75, 3.05) is 6.61 Å². The predicted molar refractivity (Wildman–Crippen MR) is 161 cm³/mol. The first-order valence-electron chi connectivity index (χ1n) is 18.0. The summed E-state index contributed by atoms with van der Waals surface area (Å²) in [5, 5.41) is 53.8. The summed E-state index contributed by atoms with van der Waals surface area (Å²) in [5.74, 6) is 0.997. The van der Waals surface area contributed by atoms with Gasteiger partial charge >= 0.3 is 0 Å². The van der Waals surface area contributed by atoms with Crippen LogP contribution in [0.15, 0.2) is 0 Å². The van der Waals surface area contributed by atoms with Crippen LogP contribution < -0.4 is 0 Å². The Balaban J connectivity index is 0.995. The van der Waals surface area contributed by atoms with Crippen molar-refractivity contribution in [1.82, 2.24) is 0 Å². The van der Waals surface area contributed by atoms with Crippen molar-refractivity contribution < 1.29 is 44.5 Å². The van der Waals surface area contributed by atoms with E-state index < -0.39 is 42.8 Å². The molecule has 0 radical (unpaired) electrons. The fourth-order valence-electron chi connectivity index (χ4n) is 14.8. The van der Waals surface area contributed by atoms with Crippen molar-refractivity contribution in [1.29, 1.82) is 0 Å². The molecule has 9 aliphatic rings. The summed E-state index contributed by atoms with van der Waals surface area (Å²) in [6.45, 7) is 14.0. The molecule has 0 aromatic carbocycles. The molecule has 6 aliphatic carbocycles. The first kappa shape index (κ1) is 30.7. The van der Waals surface area contributed by atoms with Gasteiger partial charge < -0.3 is 44.5 Å². The Morgan fingerprint density at radius 2 is 1.51 bits per heavy atom. The predicted octanol–water partition coefficient (Wildman–Crippen LogP) is 3.33. The lowest BCUT2D eigenvalue weighted by molar-refractivity contribution is -0.332. The Hall–Kier alpha value is -0.360.